The van der Waals surface area contributed by atoms with Gasteiger partial charge >= 0.3 is 0 Å². The Morgan fingerprint density at radius 3 is 2.85 bits per heavy atom. The van der Waals surface area contributed by atoms with Crippen molar-refractivity contribution in [3.05, 3.63) is 11.6 Å². The van der Waals surface area contributed by atoms with E-state index in [1.54, 1.807) is 5.57 Å². The minimum absolute atomic E-state index is 1.06. The van der Waals surface area contributed by atoms with Crippen molar-refractivity contribution >= 4 is 0 Å². The zero-order valence-corrected chi connectivity index (χ0v) is 8.76. The molecule has 0 unspecified atom stereocenters. The molecule has 2 aliphatic rings. The van der Waals surface area contributed by atoms with Crippen molar-refractivity contribution in [1.29, 1.82) is 0 Å². The molecule has 0 radical (unpaired) electrons. The van der Waals surface area contributed by atoms with Crippen LogP contribution in [0.1, 0.15) is 39.0 Å². The standard InChI is InChI=1S/C12H21N/c1-2-3-11-6-8-13(9-7-11)10-12-4-5-12/h6,12H,2-5,7-10H2,1H3. The number of rotatable bonds is 4. The van der Waals surface area contributed by atoms with Crippen molar-refractivity contribution in [2.45, 2.75) is 39.0 Å². The third-order valence-electron chi connectivity index (χ3n) is 3.17. The SMILES string of the molecule is CCCC1=CCN(CC2CC2)CC1. The average molecular weight is 179 g/mol. The van der Waals surface area contributed by atoms with E-state index in [-0.39, 0.29) is 0 Å². The minimum atomic E-state index is 1.06. The van der Waals surface area contributed by atoms with Gasteiger partial charge in [0.05, 0.1) is 0 Å². The van der Waals surface area contributed by atoms with Crippen LogP contribution in [0.3, 0.4) is 0 Å². The molecule has 1 heteroatoms. The van der Waals surface area contributed by atoms with Gasteiger partial charge in [0, 0.05) is 19.6 Å². The summed E-state index contributed by atoms with van der Waals surface area (Å²) in [6.45, 7) is 6.20. The van der Waals surface area contributed by atoms with Gasteiger partial charge in [-0.2, -0.15) is 0 Å². The fourth-order valence-electron chi connectivity index (χ4n) is 2.13. The second-order valence-corrected chi connectivity index (χ2v) is 4.57. The smallest absolute Gasteiger partial charge is 0.0166 e. The molecule has 1 heterocycles. The average Bonchev–Trinajstić information content (AvgIpc) is 2.93. The molecule has 0 aromatic rings. The molecule has 0 N–H and O–H groups in total. The highest BCUT2D eigenvalue weighted by Crippen LogP contribution is 2.30. The number of nitrogens with zero attached hydrogens (tertiary/aromatic N) is 1. The number of hydrogen-bond donors (Lipinski definition) is 0. The van der Waals surface area contributed by atoms with Gasteiger partial charge in [0.25, 0.3) is 0 Å². The normalized spacial score (nSPS) is 24.5. The fourth-order valence-corrected chi connectivity index (χ4v) is 2.13. The molecule has 74 valence electrons. The van der Waals surface area contributed by atoms with E-state index in [9.17, 15) is 0 Å². The Hall–Kier alpha value is -0.300. The van der Waals surface area contributed by atoms with Crippen LogP contribution in [0, 0.1) is 5.92 Å². The lowest BCUT2D eigenvalue weighted by molar-refractivity contribution is 0.280. The van der Waals surface area contributed by atoms with Gasteiger partial charge in [0.15, 0.2) is 0 Å². The molecule has 1 saturated carbocycles. The van der Waals surface area contributed by atoms with E-state index in [0.29, 0.717) is 0 Å². The first-order chi connectivity index (χ1) is 6.38. The molecule has 1 fully saturated rings. The van der Waals surface area contributed by atoms with Crippen LogP contribution in [-0.4, -0.2) is 24.5 Å². The molecule has 13 heavy (non-hydrogen) atoms. The molecular weight excluding hydrogens is 158 g/mol. The van der Waals surface area contributed by atoms with E-state index in [4.69, 9.17) is 0 Å². The van der Waals surface area contributed by atoms with E-state index >= 15 is 0 Å². The predicted molar refractivity (Wildman–Crippen MR) is 56.8 cm³/mol. The van der Waals surface area contributed by atoms with Crippen LogP contribution >= 0.6 is 0 Å². The zero-order valence-electron chi connectivity index (χ0n) is 8.76. The Labute approximate surface area is 81.8 Å². The second kappa shape index (κ2) is 4.28. The highest BCUT2D eigenvalue weighted by molar-refractivity contribution is 5.07. The fraction of sp³-hybridized carbons (Fsp3) is 0.833. The molecule has 0 amide bonds. The van der Waals surface area contributed by atoms with Gasteiger partial charge in [0.2, 0.25) is 0 Å². The third-order valence-corrected chi connectivity index (χ3v) is 3.17. The van der Waals surface area contributed by atoms with Crippen molar-refractivity contribution < 1.29 is 0 Å². The Morgan fingerprint density at radius 2 is 2.31 bits per heavy atom. The molecule has 2 rings (SSSR count). The van der Waals surface area contributed by atoms with Crippen molar-refractivity contribution in [2.75, 3.05) is 19.6 Å². The molecule has 0 aromatic heterocycles. The Morgan fingerprint density at radius 1 is 1.46 bits per heavy atom. The summed E-state index contributed by atoms with van der Waals surface area (Å²) >= 11 is 0. The van der Waals surface area contributed by atoms with Crippen LogP contribution in [0.15, 0.2) is 11.6 Å². The molecule has 1 aliphatic carbocycles. The van der Waals surface area contributed by atoms with Gasteiger partial charge in [-0.25, -0.2) is 0 Å². The van der Waals surface area contributed by atoms with Crippen molar-refractivity contribution in [3.63, 3.8) is 0 Å². The molecule has 0 saturated heterocycles. The summed E-state index contributed by atoms with van der Waals surface area (Å²) < 4.78 is 0. The van der Waals surface area contributed by atoms with E-state index in [1.807, 2.05) is 0 Å². The zero-order chi connectivity index (χ0) is 9.10. The lowest BCUT2D eigenvalue weighted by Crippen LogP contribution is -2.30. The maximum absolute atomic E-state index is 2.62. The molecule has 0 aromatic carbocycles. The van der Waals surface area contributed by atoms with Crippen LogP contribution in [-0.2, 0) is 0 Å². The Bertz CT molecular complexity index is 191. The van der Waals surface area contributed by atoms with E-state index < -0.39 is 0 Å². The maximum atomic E-state index is 2.62. The first-order valence-electron chi connectivity index (χ1n) is 5.78. The van der Waals surface area contributed by atoms with E-state index in [2.05, 4.69) is 17.9 Å². The molecule has 1 aliphatic heterocycles. The predicted octanol–water partition coefficient (Wildman–Crippen LogP) is 2.83. The second-order valence-electron chi connectivity index (χ2n) is 4.57. The van der Waals surface area contributed by atoms with Crippen LogP contribution in [0.2, 0.25) is 0 Å². The molecule has 0 spiro atoms. The van der Waals surface area contributed by atoms with Crippen LogP contribution in [0.4, 0.5) is 0 Å². The first kappa shape index (κ1) is 9.26. The van der Waals surface area contributed by atoms with Crippen molar-refractivity contribution in [3.8, 4) is 0 Å². The lowest BCUT2D eigenvalue weighted by Gasteiger charge is -2.26. The summed E-state index contributed by atoms with van der Waals surface area (Å²) in [4.78, 5) is 2.62. The topological polar surface area (TPSA) is 3.24 Å². The summed E-state index contributed by atoms with van der Waals surface area (Å²) in [6.07, 6.45) is 9.42. The van der Waals surface area contributed by atoms with Crippen LogP contribution in [0.5, 0.6) is 0 Å². The first-order valence-corrected chi connectivity index (χ1v) is 5.78. The monoisotopic (exact) mass is 179 g/mol. The largest absolute Gasteiger partial charge is 0.299 e. The van der Waals surface area contributed by atoms with Gasteiger partial charge in [-0.3, -0.25) is 4.90 Å². The van der Waals surface area contributed by atoms with Gasteiger partial charge < -0.3 is 0 Å². The summed E-state index contributed by atoms with van der Waals surface area (Å²) in [5.41, 5.74) is 1.70. The van der Waals surface area contributed by atoms with Gasteiger partial charge in [-0.15, -0.1) is 0 Å². The van der Waals surface area contributed by atoms with E-state index in [1.165, 1.54) is 51.7 Å². The summed E-state index contributed by atoms with van der Waals surface area (Å²) in [6, 6.07) is 0. The van der Waals surface area contributed by atoms with Gasteiger partial charge in [-0.1, -0.05) is 25.0 Å². The molecular formula is C12H21N. The highest BCUT2D eigenvalue weighted by Gasteiger charge is 2.24. The Kier molecular flexibility index (Phi) is 3.05. The summed E-state index contributed by atoms with van der Waals surface area (Å²) in [5.74, 6) is 1.06. The van der Waals surface area contributed by atoms with Crippen molar-refractivity contribution in [2.24, 2.45) is 5.92 Å². The third kappa shape index (κ3) is 2.84. The Balaban J connectivity index is 1.73. The quantitative estimate of drug-likeness (QED) is 0.600. The maximum Gasteiger partial charge on any atom is 0.0166 e. The highest BCUT2D eigenvalue weighted by atomic mass is 15.1. The van der Waals surface area contributed by atoms with Gasteiger partial charge in [0.1, 0.15) is 0 Å². The lowest BCUT2D eigenvalue weighted by atomic mass is 10.0. The summed E-state index contributed by atoms with van der Waals surface area (Å²) in [7, 11) is 0. The molecule has 1 nitrogen and oxygen atoms in total. The minimum Gasteiger partial charge on any atom is -0.299 e. The molecule has 0 atom stereocenters. The number of hydrogen-bond acceptors (Lipinski definition) is 1. The van der Waals surface area contributed by atoms with Crippen molar-refractivity contribution in [1.82, 2.24) is 4.90 Å². The van der Waals surface area contributed by atoms with Crippen LogP contribution in [0.25, 0.3) is 0 Å². The molecule has 0 bridgehead atoms. The van der Waals surface area contributed by atoms with E-state index in [0.717, 1.165) is 5.92 Å². The van der Waals surface area contributed by atoms with Gasteiger partial charge in [-0.05, 0) is 31.6 Å². The summed E-state index contributed by atoms with van der Waals surface area (Å²) in [5, 5.41) is 0. The van der Waals surface area contributed by atoms with Crippen LogP contribution < -0.4 is 0 Å².